The van der Waals surface area contributed by atoms with Gasteiger partial charge in [0.15, 0.2) is 21.8 Å². The third kappa shape index (κ3) is 4.28. The van der Waals surface area contributed by atoms with Crippen LogP contribution in [0.25, 0.3) is 6.08 Å². The van der Waals surface area contributed by atoms with Gasteiger partial charge < -0.3 is 9.47 Å². The molecule has 3 aromatic rings. The summed E-state index contributed by atoms with van der Waals surface area (Å²) in [6.45, 7) is 0. The van der Waals surface area contributed by atoms with Crippen LogP contribution in [-0.2, 0) is 4.79 Å². The van der Waals surface area contributed by atoms with Crippen molar-refractivity contribution in [1.82, 2.24) is 4.98 Å². The van der Waals surface area contributed by atoms with Crippen molar-refractivity contribution in [1.29, 1.82) is 0 Å². The molecule has 31 heavy (non-hydrogen) atoms. The van der Waals surface area contributed by atoms with Gasteiger partial charge in [-0.1, -0.05) is 41.9 Å². The zero-order valence-electron chi connectivity index (χ0n) is 16.8. The lowest BCUT2D eigenvalue weighted by molar-refractivity contribution is -0.113. The number of rotatable bonds is 5. The number of thioether (sulfide) groups is 1. The highest BCUT2D eigenvalue weighted by Crippen LogP contribution is 2.40. The number of ether oxygens (including phenoxy) is 2. The summed E-state index contributed by atoms with van der Waals surface area (Å²) in [6, 6.07) is 18.4. The van der Waals surface area contributed by atoms with Crippen molar-refractivity contribution in [3.8, 4) is 11.5 Å². The third-order valence-corrected chi connectivity index (χ3v) is 5.76. The number of aromatic nitrogens is 1. The van der Waals surface area contributed by atoms with Gasteiger partial charge in [0.05, 0.1) is 24.8 Å². The average Bonchev–Trinajstić information content (AvgIpc) is 3.10. The first-order valence-electron chi connectivity index (χ1n) is 9.31. The van der Waals surface area contributed by atoms with Crippen LogP contribution in [0.15, 0.2) is 76.8 Å². The maximum absolute atomic E-state index is 13.4. The number of pyridine rings is 1. The minimum atomic E-state index is -0.195. The Kier molecular flexibility index (Phi) is 6.25. The summed E-state index contributed by atoms with van der Waals surface area (Å²) in [5.41, 5.74) is 1.92. The lowest BCUT2D eigenvalue weighted by Gasteiger charge is -2.15. The fraction of sp³-hybridized carbons (Fsp3) is 0.0870. The summed E-state index contributed by atoms with van der Waals surface area (Å²) < 4.78 is 10.9. The van der Waals surface area contributed by atoms with Gasteiger partial charge in [0, 0.05) is 11.8 Å². The molecule has 6 nitrogen and oxygen atoms in total. The van der Waals surface area contributed by atoms with Crippen LogP contribution in [0, 0.1) is 0 Å². The fourth-order valence-electron chi connectivity index (χ4n) is 3.08. The van der Waals surface area contributed by atoms with Crippen LogP contribution < -0.4 is 14.4 Å². The molecule has 1 amide bonds. The Morgan fingerprint density at radius 1 is 1.03 bits per heavy atom. The number of hydrogen-bond acceptors (Lipinski definition) is 6. The van der Waals surface area contributed by atoms with Crippen molar-refractivity contribution in [2.24, 2.45) is 4.99 Å². The van der Waals surface area contributed by atoms with Crippen LogP contribution in [0.5, 0.6) is 11.5 Å². The zero-order chi connectivity index (χ0) is 21.8. The molecule has 2 heterocycles. The van der Waals surface area contributed by atoms with Gasteiger partial charge in [-0.25, -0.2) is 9.98 Å². The van der Waals surface area contributed by atoms with Crippen LogP contribution in [0.2, 0.25) is 5.15 Å². The Morgan fingerprint density at radius 3 is 2.55 bits per heavy atom. The number of methoxy groups -OCH3 is 2. The first-order chi connectivity index (χ1) is 15.1. The molecule has 1 saturated heterocycles. The maximum Gasteiger partial charge on any atom is 0.271 e. The van der Waals surface area contributed by atoms with E-state index in [9.17, 15) is 4.79 Å². The van der Waals surface area contributed by atoms with Crippen LogP contribution in [-0.4, -0.2) is 30.3 Å². The standard InChI is InChI=1S/C23H18ClN3O3S/c1-29-18-12-6-8-15(20(18)30-2)14-19-22(28)27(16-9-4-3-5-10-16)23(31-19)26-17-11-7-13-25-21(17)24/h3-14H,1-2H3/b19-14-,26-23?. The number of amides is 1. The molecular weight excluding hydrogens is 434 g/mol. The number of carbonyl (C=O) groups excluding carboxylic acids is 1. The van der Waals surface area contributed by atoms with Crippen LogP contribution in [0.3, 0.4) is 0 Å². The molecule has 0 spiro atoms. The van der Waals surface area contributed by atoms with Crippen LogP contribution in [0.4, 0.5) is 11.4 Å². The van der Waals surface area contributed by atoms with Crippen molar-refractivity contribution in [3.05, 3.63) is 82.5 Å². The van der Waals surface area contributed by atoms with E-state index in [1.165, 1.54) is 11.8 Å². The number of aliphatic imine (C=N–C) groups is 1. The van der Waals surface area contributed by atoms with Gasteiger partial charge in [-0.3, -0.25) is 9.69 Å². The number of halogens is 1. The highest BCUT2D eigenvalue weighted by Gasteiger charge is 2.35. The molecule has 0 atom stereocenters. The Bertz CT molecular complexity index is 1180. The molecule has 8 heteroatoms. The molecule has 1 aliphatic rings. The van der Waals surface area contributed by atoms with Gasteiger partial charge in [0.1, 0.15) is 5.69 Å². The average molecular weight is 452 g/mol. The first-order valence-corrected chi connectivity index (χ1v) is 10.5. The summed E-state index contributed by atoms with van der Waals surface area (Å²) in [5, 5.41) is 0.752. The van der Waals surface area contributed by atoms with E-state index in [1.807, 2.05) is 42.5 Å². The lowest BCUT2D eigenvalue weighted by atomic mass is 10.1. The number of benzene rings is 2. The van der Waals surface area contributed by atoms with E-state index >= 15 is 0 Å². The molecule has 4 rings (SSSR count). The van der Waals surface area contributed by atoms with Gasteiger partial charge in [-0.15, -0.1) is 0 Å². The number of carbonyl (C=O) groups is 1. The van der Waals surface area contributed by atoms with Gasteiger partial charge in [-0.2, -0.15) is 0 Å². The van der Waals surface area contributed by atoms with E-state index in [-0.39, 0.29) is 11.1 Å². The van der Waals surface area contributed by atoms with E-state index < -0.39 is 0 Å². The SMILES string of the molecule is COc1cccc(/C=C2\SC(=Nc3cccnc3Cl)N(c3ccccc3)C2=O)c1OC. The second-order valence-electron chi connectivity index (χ2n) is 6.38. The number of nitrogens with zero attached hydrogens (tertiary/aromatic N) is 3. The predicted molar refractivity (Wildman–Crippen MR) is 125 cm³/mol. The summed E-state index contributed by atoms with van der Waals surface area (Å²) in [4.78, 5) is 24.1. The molecule has 2 aromatic carbocycles. The van der Waals surface area contributed by atoms with Crippen molar-refractivity contribution in [3.63, 3.8) is 0 Å². The Labute approximate surface area is 189 Å². The second kappa shape index (κ2) is 9.24. The van der Waals surface area contributed by atoms with E-state index in [2.05, 4.69) is 9.98 Å². The summed E-state index contributed by atoms with van der Waals surface area (Å²) in [6.07, 6.45) is 3.37. The molecule has 1 aromatic heterocycles. The molecule has 156 valence electrons. The number of anilines is 1. The Morgan fingerprint density at radius 2 is 1.84 bits per heavy atom. The van der Waals surface area contributed by atoms with E-state index in [1.54, 1.807) is 49.6 Å². The summed E-state index contributed by atoms with van der Waals surface area (Å²) in [7, 11) is 3.14. The van der Waals surface area contributed by atoms with Crippen molar-refractivity contribution >= 4 is 51.9 Å². The highest BCUT2D eigenvalue weighted by molar-refractivity contribution is 8.19. The number of hydrogen-bond donors (Lipinski definition) is 0. The molecule has 0 radical (unpaired) electrons. The molecule has 0 saturated carbocycles. The Hall–Kier alpha value is -3.29. The highest BCUT2D eigenvalue weighted by atomic mass is 35.5. The van der Waals surface area contributed by atoms with Crippen LogP contribution >= 0.6 is 23.4 Å². The van der Waals surface area contributed by atoms with Gasteiger partial charge in [0.2, 0.25) is 0 Å². The molecule has 0 aliphatic carbocycles. The number of para-hydroxylation sites is 2. The molecule has 0 N–H and O–H groups in total. The smallest absolute Gasteiger partial charge is 0.271 e. The molecule has 1 aliphatic heterocycles. The maximum atomic E-state index is 13.4. The quantitative estimate of drug-likeness (QED) is 0.375. The summed E-state index contributed by atoms with van der Waals surface area (Å²) in [5.74, 6) is 0.945. The predicted octanol–water partition coefficient (Wildman–Crippen LogP) is 5.56. The lowest BCUT2D eigenvalue weighted by Crippen LogP contribution is -2.28. The van der Waals surface area contributed by atoms with Crippen molar-refractivity contribution in [2.45, 2.75) is 0 Å². The fourth-order valence-corrected chi connectivity index (χ4v) is 4.23. The minimum absolute atomic E-state index is 0.195. The van der Waals surface area contributed by atoms with Crippen LogP contribution in [0.1, 0.15) is 5.56 Å². The molecule has 1 fully saturated rings. The monoisotopic (exact) mass is 451 g/mol. The first kappa shape index (κ1) is 21.0. The van der Waals surface area contributed by atoms with E-state index in [4.69, 9.17) is 21.1 Å². The van der Waals surface area contributed by atoms with Gasteiger partial charge in [-0.05, 0) is 48.2 Å². The third-order valence-electron chi connectivity index (χ3n) is 4.50. The second-order valence-corrected chi connectivity index (χ2v) is 7.74. The van der Waals surface area contributed by atoms with Gasteiger partial charge in [0.25, 0.3) is 5.91 Å². The number of amidine groups is 1. The van der Waals surface area contributed by atoms with Gasteiger partial charge >= 0.3 is 0 Å². The minimum Gasteiger partial charge on any atom is -0.493 e. The van der Waals surface area contributed by atoms with E-state index in [0.717, 1.165) is 5.56 Å². The summed E-state index contributed by atoms with van der Waals surface area (Å²) >= 11 is 7.45. The van der Waals surface area contributed by atoms with Crippen molar-refractivity contribution in [2.75, 3.05) is 19.1 Å². The molecule has 0 unspecified atom stereocenters. The Balaban J connectivity index is 1.81. The topological polar surface area (TPSA) is 64.0 Å². The zero-order valence-corrected chi connectivity index (χ0v) is 18.4. The molecule has 0 bridgehead atoms. The van der Waals surface area contributed by atoms with Crippen molar-refractivity contribution < 1.29 is 14.3 Å². The molecular formula is C23H18ClN3O3S. The van der Waals surface area contributed by atoms with E-state index in [0.29, 0.717) is 32.9 Å². The largest absolute Gasteiger partial charge is 0.493 e. The normalized spacial score (nSPS) is 16.2.